The average molecular weight is 191 g/mol. The highest BCUT2D eigenvalue weighted by atomic mass is 16.6. The highest BCUT2D eigenvalue weighted by Gasteiger charge is 2.14. The van der Waals surface area contributed by atoms with Gasteiger partial charge in [-0.25, -0.2) is 0 Å². The van der Waals surface area contributed by atoms with Gasteiger partial charge in [-0.3, -0.25) is 10.1 Å². The van der Waals surface area contributed by atoms with E-state index in [0.29, 0.717) is 5.69 Å². The van der Waals surface area contributed by atoms with Crippen LogP contribution in [-0.4, -0.2) is 11.5 Å². The Kier molecular flexibility index (Phi) is 3.02. The third-order valence-electron chi connectivity index (χ3n) is 1.79. The van der Waals surface area contributed by atoms with Gasteiger partial charge in [-0.05, 0) is 12.5 Å². The van der Waals surface area contributed by atoms with E-state index < -0.39 is 4.92 Å². The summed E-state index contributed by atoms with van der Waals surface area (Å²) < 4.78 is 0. The Hall–Kier alpha value is -2.09. The summed E-state index contributed by atoms with van der Waals surface area (Å²) in [6.07, 6.45) is 0. The minimum absolute atomic E-state index is 0.000231. The van der Waals surface area contributed by atoms with Crippen LogP contribution in [0.5, 0.6) is 0 Å². The Morgan fingerprint density at radius 1 is 1.64 bits per heavy atom. The summed E-state index contributed by atoms with van der Waals surface area (Å²) in [7, 11) is 0. The molecule has 14 heavy (non-hydrogen) atoms. The molecule has 1 aromatic carbocycles. The van der Waals surface area contributed by atoms with Gasteiger partial charge in [0.25, 0.3) is 5.69 Å². The first kappa shape index (κ1) is 9.99. The van der Waals surface area contributed by atoms with Gasteiger partial charge >= 0.3 is 0 Å². The SMILES string of the molecule is Cc1cccc([N+](=O)[O-])c1NCC#N. The number of aryl methyl sites for hydroxylation is 1. The number of nitrogens with one attached hydrogen (secondary N) is 1. The van der Waals surface area contributed by atoms with Crippen molar-refractivity contribution in [3.63, 3.8) is 0 Å². The lowest BCUT2D eigenvalue weighted by molar-refractivity contribution is -0.384. The largest absolute Gasteiger partial charge is 0.366 e. The van der Waals surface area contributed by atoms with E-state index in [1.165, 1.54) is 6.07 Å². The Balaban J connectivity index is 3.10. The Morgan fingerprint density at radius 3 is 2.93 bits per heavy atom. The van der Waals surface area contributed by atoms with Crippen molar-refractivity contribution in [2.24, 2.45) is 0 Å². The molecule has 5 nitrogen and oxygen atoms in total. The molecule has 0 fully saturated rings. The summed E-state index contributed by atoms with van der Waals surface area (Å²) in [5, 5.41) is 21.7. The molecule has 0 heterocycles. The first-order valence-electron chi connectivity index (χ1n) is 4.01. The van der Waals surface area contributed by atoms with Crippen LogP contribution in [0.2, 0.25) is 0 Å². The van der Waals surface area contributed by atoms with Gasteiger partial charge in [-0.1, -0.05) is 12.1 Å². The first-order valence-corrected chi connectivity index (χ1v) is 4.01. The van der Waals surface area contributed by atoms with Crippen molar-refractivity contribution in [1.82, 2.24) is 0 Å². The van der Waals surface area contributed by atoms with Gasteiger partial charge in [0.1, 0.15) is 12.2 Å². The molecular weight excluding hydrogens is 182 g/mol. The van der Waals surface area contributed by atoms with E-state index >= 15 is 0 Å². The van der Waals surface area contributed by atoms with Crippen LogP contribution < -0.4 is 5.32 Å². The van der Waals surface area contributed by atoms with E-state index in [-0.39, 0.29) is 12.2 Å². The molecule has 72 valence electrons. The van der Waals surface area contributed by atoms with Gasteiger partial charge in [0.05, 0.1) is 11.0 Å². The molecule has 0 unspecified atom stereocenters. The second kappa shape index (κ2) is 4.23. The molecule has 0 aromatic heterocycles. The maximum Gasteiger partial charge on any atom is 0.292 e. The smallest absolute Gasteiger partial charge is 0.292 e. The van der Waals surface area contributed by atoms with Crippen LogP contribution in [0.3, 0.4) is 0 Å². The van der Waals surface area contributed by atoms with Gasteiger partial charge in [-0.15, -0.1) is 0 Å². The lowest BCUT2D eigenvalue weighted by Gasteiger charge is -2.05. The monoisotopic (exact) mass is 191 g/mol. The third-order valence-corrected chi connectivity index (χ3v) is 1.79. The zero-order valence-electron chi connectivity index (χ0n) is 7.65. The molecule has 0 spiro atoms. The number of hydrogen-bond donors (Lipinski definition) is 1. The molecule has 0 saturated heterocycles. The lowest BCUT2D eigenvalue weighted by Crippen LogP contribution is -2.03. The van der Waals surface area contributed by atoms with Crippen LogP contribution in [-0.2, 0) is 0 Å². The zero-order valence-corrected chi connectivity index (χ0v) is 7.65. The molecule has 0 bridgehead atoms. The predicted octanol–water partition coefficient (Wildman–Crippen LogP) is 1.84. The van der Waals surface area contributed by atoms with Crippen molar-refractivity contribution in [2.45, 2.75) is 6.92 Å². The second-order valence-corrected chi connectivity index (χ2v) is 2.74. The van der Waals surface area contributed by atoms with Gasteiger partial charge < -0.3 is 5.32 Å². The number of para-hydroxylation sites is 1. The fourth-order valence-electron chi connectivity index (χ4n) is 1.16. The molecule has 0 amide bonds. The summed E-state index contributed by atoms with van der Waals surface area (Å²) in [6.45, 7) is 1.82. The van der Waals surface area contributed by atoms with Gasteiger partial charge in [0.2, 0.25) is 0 Å². The van der Waals surface area contributed by atoms with Gasteiger partial charge in [0, 0.05) is 6.07 Å². The summed E-state index contributed by atoms with van der Waals surface area (Å²) in [5.41, 5.74) is 1.17. The van der Waals surface area contributed by atoms with Crippen molar-refractivity contribution < 1.29 is 4.92 Å². The molecule has 0 radical (unpaired) electrons. The zero-order chi connectivity index (χ0) is 10.6. The topological polar surface area (TPSA) is 79.0 Å². The predicted molar refractivity (Wildman–Crippen MR) is 51.9 cm³/mol. The molecule has 1 N–H and O–H groups in total. The van der Waals surface area contributed by atoms with Crippen molar-refractivity contribution in [2.75, 3.05) is 11.9 Å². The maximum atomic E-state index is 10.6. The fraction of sp³-hybridized carbons (Fsp3) is 0.222. The molecule has 1 aromatic rings. The minimum Gasteiger partial charge on any atom is -0.366 e. The Bertz CT molecular complexity index is 396. The number of benzene rings is 1. The number of nitro benzene ring substituents is 1. The van der Waals surface area contributed by atoms with E-state index in [9.17, 15) is 10.1 Å². The molecule has 0 aliphatic heterocycles. The summed E-state index contributed by atoms with van der Waals surface area (Å²) >= 11 is 0. The van der Waals surface area contributed by atoms with Gasteiger partial charge in [0.15, 0.2) is 0 Å². The summed E-state index contributed by atoms with van der Waals surface area (Å²) in [4.78, 5) is 10.2. The van der Waals surface area contributed by atoms with E-state index in [1.807, 2.05) is 6.07 Å². The van der Waals surface area contributed by atoms with Crippen molar-refractivity contribution in [3.8, 4) is 6.07 Å². The minimum atomic E-state index is -0.466. The number of nitro groups is 1. The van der Waals surface area contributed by atoms with Crippen molar-refractivity contribution in [3.05, 3.63) is 33.9 Å². The molecular formula is C9H9N3O2. The highest BCUT2D eigenvalue weighted by molar-refractivity contribution is 5.66. The molecule has 0 aliphatic carbocycles. The Morgan fingerprint density at radius 2 is 2.36 bits per heavy atom. The average Bonchev–Trinajstić information content (AvgIpc) is 2.15. The quantitative estimate of drug-likeness (QED) is 0.449. The highest BCUT2D eigenvalue weighted by Crippen LogP contribution is 2.26. The molecule has 0 aliphatic rings. The molecule has 1 rings (SSSR count). The van der Waals surface area contributed by atoms with E-state index in [2.05, 4.69) is 5.32 Å². The number of hydrogen-bond acceptors (Lipinski definition) is 4. The van der Waals surface area contributed by atoms with Crippen molar-refractivity contribution >= 4 is 11.4 Å². The van der Waals surface area contributed by atoms with E-state index in [4.69, 9.17) is 5.26 Å². The lowest BCUT2D eigenvalue weighted by atomic mass is 10.1. The first-order chi connectivity index (χ1) is 6.66. The Labute approximate surface area is 81.1 Å². The van der Waals surface area contributed by atoms with Crippen LogP contribution in [0.15, 0.2) is 18.2 Å². The standard InChI is InChI=1S/C9H9N3O2/c1-7-3-2-4-8(12(13)14)9(7)11-6-5-10/h2-4,11H,6H2,1H3. The van der Waals surface area contributed by atoms with Crippen molar-refractivity contribution in [1.29, 1.82) is 5.26 Å². The molecule has 0 atom stereocenters. The van der Waals surface area contributed by atoms with E-state index in [1.54, 1.807) is 19.1 Å². The molecule has 5 heteroatoms. The third kappa shape index (κ3) is 1.98. The van der Waals surface area contributed by atoms with Crippen LogP contribution in [0.25, 0.3) is 0 Å². The molecule has 0 saturated carbocycles. The number of rotatable bonds is 3. The number of nitrogens with zero attached hydrogens (tertiary/aromatic N) is 2. The van der Waals surface area contributed by atoms with E-state index in [0.717, 1.165) is 5.56 Å². The van der Waals surface area contributed by atoms with Crippen LogP contribution in [0.4, 0.5) is 11.4 Å². The van der Waals surface area contributed by atoms with Gasteiger partial charge in [-0.2, -0.15) is 5.26 Å². The fourth-order valence-corrected chi connectivity index (χ4v) is 1.16. The van der Waals surface area contributed by atoms with Crippen LogP contribution >= 0.6 is 0 Å². The summed E-state index contributed by atoms with van der Waals surface area (Å²) in [5.74, 6) is 0. The maximum absolute atomic E-state index is 10.6. The second-order valence-electron chi connectivity index (χ2n) is 2.74. The van der Waals surface area contributed by atoms with Crippen LogP contribution in [0, 0.1) is 28.4 Å². The summed E-state index contributed by atoms with van der Waals surface area (Å²) in [6, 6.07) is 6.66. The normalized spacial score (nSPS) is 9.14. The van der Waals surface area contributed by atoms with Crippen LogP contribution in [0.1, 0.15) is 5.56 Å². The number of nitriles is 1. The number of anilines is 1.